The van der Waals surface area contributed by atoms with Crippen LogP contribution in [0.3, 0.4) is 0 Å². The topological polar surface area (TPSA) is 79.5 Å². The summed E-state index contributed by atoms with van der Waals surface area (Å²) in [6.45, 7) is 3.73. The van der Waals surface area contributed by atoms with Crippen molar-refractivity contribution in [2.24, 2.45) is 5.73 Å². The quantitative estimate of drug-likeness (QED) is 0.831. The van der Waals surface area contributed by atoms with E-state index < -0.39 is 5.91 Å². The summed E-state index contributed by atoms with van der Waals surface area (Å²) in [7, 11) is 0. The molecule has 6 heteroatoms. The molecule has 5 nitrogen and oxygen atoms in total. The number of hydrogen-bond acceptors (Lipinski definition) is 4. The third kappa shape index (κ3) is 5.19. The smallest absolute Gasteiger partial charge is 0.250 e. The van der Waals surface area contributed by atoms with Crippen molar-refractivity contribution in [1.82, 2.24) is 9.88 Å². The van der Waals surface area contributed by atoms with Gasteiger partial charge in [0.25, 0.3) is 0 Å². The minimum absolute atomic E-state index is 0.00722. The number of primary amides is 1. The number of pyridine rings is 1. The van der Waals surface area contributed by atoms with E-state index in [2.05, 4.69) is 29.0 Å². The van der Waals surface area contributed by atoms with Crippen molar-refractivity contribution in [2.75, 3.05) is 13.1 Å². The van der Waals surface area contributed by atoms with Crippen molar-refractivity contribution in [1.29, 1.82) is 0 Å². The number of allylic oxidation sites excluding steroid dienone is 2. The molecule has 0 aliphatic carbocycles. The van der Waals surface area contributed by atoms with Gasteiger partial charge in [-0.2, -0.15) is 0 Å². The zero-order valence-electron chi connectivity index (χ0n) is 11.2. The van der Waals surface area contributed by atoms with E-state index in [9.17, 15) is 4.79 Å². The molecule has 3 N–H and O–H groups in total. The number of carbonyl (C=O) groups excluding carboxylic acids is 1. The number of nitrogens with two attached hydrogens (primary N) is 1. The summed E-state index contributed by atoms with van der Waals surface area (Å²) in [6.07, 6.45) is 8.75. The zero-order valence-corrected chi connectivity index (χ0v) is 12.0. The van der Waals surface area contributed by atoms with E-state index in [-0.39, 0.29) is 5.05 Å². The lowest BCUT2D eigenvalue weighted by atomic mass is 10.2. The van der Waals surface area contributed by atoms with Crippen molar-refractivity contribution in [2.45, 2.75) is 6.92 Å². The predicted octanol–water partition coefficient (Wildman–Crippen LogP) is 1.83. The Bertz CT molecular complexity index is 526. The number of rotatable bonds is 3. The van der Waals surface area contributed by atoms with Crippen LogP contribution in [0, 0.1) is 0 Å². The molecule has 0 bridgehead atoms. The summed E-state index contributed by atoms with van der Waals surface area (Å²) in [6, 6.07) is 3.29. The Morgan fingerprint density at radius 3 is 2.80 bits per heavy atom. The summed E-state index contributed by atoms with van der Waals surface area (Å²) < 4.78 is 0. The van der Waals surface area contributed by atoms with Gasteiger partial charge in [-0.1, -0.05) is 6.08 Å². The minimum atomic E-state index is -0.442. The average molecular weight is 291 g/mol. The molecule has 2 heterocycles. The Balaban J connectivity index is 0.000000204. The number of hydrogen-bond donors (Lipinski definition) is 2. The van der Waals surface area contributed by atoms with Gasteiger partial charge in [0.1, 0.15) is 0 Å². The second kappa shape index (κ2) is 8.06. The summed E-state index contributed by atoms with van der Waals surface area (Å²) in [5.41, 5.74) is 6.20. The van der Waals surface area contributed by atoms with Gasteiger partial charge in [-0.3, -0.25) is 9.78 Å². The van der Waals surface area contributed by atoms with Gasteiger partial charge in [-0.25, -0.2) is 0 Å². The van der Waals surface area contributed by atoms with E-state index in [1.807, 2.05) is 18.4 Å². The highest BCUT2D eigenvalue weighted by Gasteiger charge is 2.08. The molecule has 0 aromatic carbocycles. The molecule has 0 unspecified atom stereocenters. The van der Waals surface area contributed by atoms with Crippen LogP contribution >= 0.6 is 12.2 Å². The van der Waals surface area contributed by atoms with Crippen molar-refractivity contribution in [3.63, 3.8) is 0 Å². The molecule has 1 aromatic rings. The number of amides is 1. The van der Waals surface area contributed by atoms with Crippen molar-refractivity contribution >= 4 is 23.2 Å². The third-order valence-corrected chi connectivity index (χ3v) is 2.86. The van der Waals surface area contributed by atoms with Crippen LogP contribution in [0.5, 0.6) is 0 Å². The SMILES string of the molecule is CCN1C=CC=C(C(O)=S)C1.NC(=O)c1cccnc1. The van der Waals surface area contributed by atoms with Gasteiger partial charge in [-0.15, -0.1) is 0 Å². The van der Waals surface area contributed by atoms with Gasteiger partial charge in [0.15, 0.2) is 5.05 Å². The Morgan fingerprint density at radius 2 is 2.35 bits per heavy atom. The first kappa shape index (κ1) is 15.8. The Kier molecular flexibility index (Phi) is 6.39. The summed E-state index contributed by atoms with van der Waals surface area (Å²) in [5, 5.41) is 9.00. The molecule has 106 valence electrons. The van der Waals surface area contributed by atoms with Crippen molar-refractivity contribution in [3.05, 3.63) is 54.0 Å². The molecule has 0 saturated carbocycles. The van der Waals surface area contributed by atoms with Gasteiger partial charge in [-0.05, 0) is 43.6 Å². The van der Waals surface area contributed by atoms with Gasteiger partial charge in [0.2, 0.25) is 5.91 Å². The van der Waals surface area contributed by atoms with E-state index >= 15 is 0 Å². The maximum atomic E-state index is 10.4. The van der Waals surface area contributed by atoms with Crippen LogP contribution in [0.15, 0.2) is 48.5 Å². The molecule has 2 rings (SSSR count). The molecule has 20 heavy (non-hydrogen) atoms. The first-order chi connectivity index (χ1) is 9.54. The van der Waals surface area contributed by atoms with Gasteiger partial charge in [0.05, 0.1) is 5.56 Å². The van der Waals surface area contributed by atoms with Crippen LogP contribution in [-0.2, 0) is 0 Å². The minimum Gasteiger partial charge on any atom is -0.499 e. The zero-order chi connectivity index (χ0) is 15.0. The highest BCUT2D eigenvalue weighted by Crippen LogP contribution is 2.07. The summed E-state index contributed by atoms with van der Waals surface area (Å²) in [5.74, 6) is -0.442. The fourth-order valence-corrected chi connectivity index (χ4v) is 1.60. The summed E-state index contributed by atoms with van der Waals surface area (Å²) in [4.78, 5) is 16.2. The lowest BCUT2D eigenvalue weighted by Crippen LogP contribution is -2.24. The van der Waals surface area contributed by atoms with E-state index in [4.69, 9.17) is 10.8 Å². The number of carbonyl (C=O) groups is 1. The van der Waals surface area contributed by atoms with Crippen molar-refractivity contribution in [3.8, 4) is 0 Å². The molecule has 1 aliphatic heterocycles. The number of likely N-dealkylation sites (N-methyl/N-ethyl adjacent to an activating group) is 1. The first-order valence-electron chi connectivity index (χ1n) is 6.09. The van der Waals surface area contributed by atoms with Crippen LogP contribution < -0.4 is 5.73 Å². The highest BCUT2D eigenvalue weighted by atomic mass is 32.1. The molecular weight excluding hydrogens is 274 g/mol. The van der Waals surface area contributed by atoms with E-state index in [0.717, 1.165) is 18.7 Å². The van der Waals surface area contributed by atoms with Crippen molar-refractivity contribution < 1.29 is 9.90 Å². The Morgan fingerprint density at radius 1 is 1.60 bits per heavy atom. The molecule has 1 aliphatic rings. The first-order valence-corrected chi connectivity index (χ1v) is 6.50. The fraction of sp³-hybridized carbons (Fsp3) is 0.214. The van der Waals surface area contributed by atoms with Crippen LogP contribution in [0.4, 0.5) is 0 Å². The van der Waals surface area contributed by atoms with Crippen LogP contribution in [0.25, 0.3) is 0 Å². The fourth-order valence-electron chi connectivity index (χ4n) is 1.47. The van der Waals surface area contributed by atoms with Gasteiger partial charge < -0.3 is 15.7 Å². The molecule has 0 radical (unpaired) electrons. The molecule has 0 atom stereocenters. The maximum absolute atomic E-state index is 10.4. The monoisotopic (exact) mass is 291 g/mol. The Hall–Kier alpha value is -2.21. The third-order valence-electron chi connectivity index (χ3n) is 2.59. The van der Waals surface area contributed by atoms with Gasteiger partial charge >= 0.3 is 0 Å². The number of aromatic nitrogens is 1. The molecule has 0 saturated heterocycles. The number of thiocarbonyl (C=S) groups is 1. The second-order valence-corrected chi connectivity index (χ2v) is 4.39. The average Bonchev–Trinajstić information content (AvgIpc) is 2.49. The highest BCUT2D eigenvalue weighted by molar-refractivity contribution is 7.80. The Labute approximate surface area is 123 Å². The maximum Gasteiger partial charge on any atom is 0.250 e. The predicted molar refractivity (Wildman–Crippen MR) is 82.5 cm³/mol. The second-order valence-electron chi connectivity index (χ2n) is 4.01. The number of nitrogens with zero attached hydrogens (tertiary/aromatic N) is 2. The van der Waals surface area contributed by atoms with E-state index in [0.29, 0.717) is 5.56 Å². The normalized spacial score (nSPS) is 13.1. The van der Waals surface area contributed by atoms with E-state index in [1.165, 1.54) is 6.20 Å². The molecular formula is C14H17N3O2S. The van der Waals surface area contributed by atoms with Crippen LogP contribution in [0.1, 0.15) is 17.3 Å². The van der Waals surface area contributed by atoms with E-state index in [1.54, 1.807) is 18.3 Å². The summed E-state index contributed by atoms with van der Waals surface area (Å²) >= 11 is 4.64. The molecule has 1 amide bonds. The molecule has 0 spiro atoms. The lowest BCUT2D eigenvalue weighted by molar-refractivity contribution is 0.1000. The standard InChI is InChI=1S/C8H11NOS.C6H6N2O/c1-2-9-5-3-4-7(6-9)8(10)11;7-6(9)5-2-1-3-8-4-5/h3-5H,2,6H2,1H3,(H,10,11);1-4H,(H2,7,9). The molecule has 1 aromatic heterocycles. The number of aliphatic hydroxyl groups is 1. The van der Waals surface area contributed by atoms with Gasteiger partial charge in [0, 0.05) is 31.1 Å². The molecule has 0 fully saturated rings. The lowest BCUT2D eigenvalue weighted by Gasteiger charge is -2.21. The van der Waals surface area contributed by atoms with Crippen LogP contribution in [0.2, 0.25) is 0 Å². The van der Waals surface area contributed by atoms with Crippen LogP contribution in [-0.4, -0.2) is 39.0 Å². The largest absolute Gasteiger partial charge is 0.499 e. The number of aliphatic hydroxyl groups excluding tert-OH is 1.